The van der Waals surface area contributed by atoms with Crippen LogP contribution in [0.5, 0.6) is 0 Å². The molecule has 0 radical (unpaired) electrons. The van der Waals surface area contributed by atoms with Crippen molar-refractivity contribution in [3.8, 4) is 22.5 Å². The predicted molar refractivity (Wildman–Crippen MR) is 156 cm³/mol. The van der Waals surface area contributed by atoms with Gasteiger partial charge in [-0.15, -0.1) is 0 Å². The van der Waals surface area contributed by atoms with Crippen LogP contribution < -0.4 is 0 Å². The molecule has 0 atom stereocenters. The van der Waals surface area contributed by atoms with Gasteiger partial charge in [-0.1, -0.05) is 36.9 Å². The molecule has 0 aliphatic heterocycles. The molecule has 0 saturated heterocycles. The lowest BCUT2D eigenvalue weighted by atomic mass is 9.98. The first-order valence-corrected chi connectivity index (χ1v) is 12.7. The molecule has 38 heavy (non-hydrogen) atoms. The van der Waals surface area contributed by atoms with Crippen LogP contribution in [0, 0.1) is 5.82 Å². The third-order valence-corrected chi connectivity index (χ3v) is 6.52. The van der Waals surface area contributed by atoms with E-state index in [9.17, 15) is 4.39 Å². The van der Waals surface area contributed by atoms with Gasteiger partial charge in [-0.2, -0.15) is 5.10 Å². The van der Waals surface area contributed by atoms with Crippen molar-refractivity contribution in [2.24, 2.45) is 4.99 Å². The SMILES string of the molecule is C=CC=N/C(=C\C)c1ccc2[nH]nc(-c3cc4c(-c5cc(F)cc(CCCN(C)C)c5)cccc4[nH]3)c2n1. The number of aromatic amines is 2. The Morgan fingerprint density at radius 3 is 2.76 bits per heavy atom. The highest BCUT2D eigenvalue weighted by atomic mass is 19.1. The largest absolute Gasteiger partial charge is 0.353 e. The fourth-order valence-electron chi connectivity index (χ4n) is 4.74. The van der Waals surface area contributed by atoms with Crippen LogP contribution in [0.4, 0.5) is 4.39 Å². The number of aliphatic imine (C=N–C) groups is 1. The Bertz CT molecular complexity index is 1670. The zero-order chi connectivity index (χ0) is 26.6. The number of hydrogen-bond donors (Lipinski definition) is 2. The first kappa shape index (κ1) is 25.3. The molecule has 2 aromatic carbocycles. The Morgan fingerprint density at radius 2 is 1.97 bits per heavy atom. The fourth-order valence-corrected chi connectivity index (χ4v) is 4.74. The Hall–Kier alpha value is -4.36. The minimum Gasteiger partial charge on any atom is -0.353 e. The highest BCUT2D eigenvalue weighted by Gasteiger charge is 2.16. The van der Waals surface area contributed by atoms with E-state index < -0.39 is 0 Å². The maximum Gasteiger partial charge on any atom is 0.135 e. The van der Waals surface area contributed by atoms with E-state index in [1.165, 1.54) is 0 Å². The Morgan fingerprint density at radius 1 is 1.11 bits per heavy atom. The standard InChI is InChI=1S/C31H31FN6/c1-5-14-33-25(6-2)27-12-13-28-30(35-27)31(37-36-28)29-19-24-23(10-7-11-26(24)34-29)21-16-20(17-22(32)18-21)9-8-15-38(3)4/h5-7,10-14,16-19,34H,1,8-9,15H2,2-4H3,(H,36,37)/b25-6-,33-14?. The summed E-state index contributed by atoms with van der Waals surface area (Å²) in [6.07, 6.45) is 7.01. The van der Waals surface area contributed by atoms with Crippen LogP contribution in [0.3, 0.4) is 0 Å². The van der Waals surface area contributed by atoms with Crippen molar-refractivity contribution in [3.05, 3.63) is 90.4 Å². The molecule has 0 fully saturated rings. The molecule has 0 aliphatic rings. The number of rotatable bonds is 9. The Labute approximate surface area is 221 Å². The monoisotopic (exact) mass is 506 g/mol. The predicted octanol–water partition coefficient (Wildman–Crippen LogP) is 7.02. The minimum atomic E-state index is -0.218. The zero-order valence-corrected chi connectivity index (χ0v) is 21.9. The molecule has 192 valence electrons. The molecule has 0 bridgehead atoms. The van der Waals surface area contributed by atoms with Crippen LogP contribution in [0.1, 0.15) is 24.6 Å². The highest BCUT2D eigenvalue weighted by molar-refractivity contribution is 6.00. The van der Waals surface area contributed by atoms with Gasteiger partial charge in [0.25, 0.3) is 0 Å². The quantitative estimate of drug-likeness (QED) is 0.211. The van der Waals surface area contributed by atoms with E-state index in [0.29, 0.717) is 0 Å². The van der Waals surface area contributed by atoms with Crippen LogP contribution in [-0.4, -0.2) is 51.9 Å². The van der Waals surface area contributed by atoms with E-state index >= 15 is 0 Å². The van der Waals surface area contributed by atoms with Crippen LogP contribution in [0.25, 0.3) is 50.1 Å². The van der Waals surface area contributed by atoms with Crippen LogP contribution in [-0.2, 0) is 6.42 Å². The molecular weight excluding hydrogens is 475 g/mol. The van der Waals surface area contributed by atoms with Gasteiger partial charge in [-0.25, -0.2) is 9.37 Å². The van der Waals surface area contributed by atoms with Gasteiger partial charge in [0, 0.05) is 17.1 Å². The normalized spacial score (nSPS) is 12.4. The maximum absolute atomic E-state index is 14.7. The van der Waals surface area contributed by atoms with Crippen molar-refractivity contribution < 1.29 is 4.39 Å². The van der Waals surface area contributed by atoms with Gasteiger partial charge in [-0.05, 0) is 93.5 Å². The lowest BCUT2D eigenvalue weighted by molar-refractivity contribution is 0.400. The first-order chi connectivity index (χ1) is 18.5. The average molecular weight is 507 g/mol. The summed E-state index contributed by atoms with van der Waals surface area (Å²) in [5.74, 6) is -0.218. The van der Waals surface area contributed by atoms with Gasteiger partial charge in [-0.3, -0.25) is 10.1 Å². The van der Waals surface area contributed by atoms with E-state index in [1.807, 2.05) is 43.3 Å². The van der Waals surface area contributed by atoms with Crippen molar-refractivity contribution in [3.63, 3.8) is 0 Å². The molecule has 0 aliphatic carbocycles. The number of hydrogen-bond acceptors (Lipinski definition) is 4. The van der Waals surface area contributed by atoms with Crippen molar-refractivity contribution in [1.29, 1.82) is 0 Å². The van der Waals surface area contributed by atoms with E-state index in [1.54, 1.807) is 24.4 Å². The number of nitrogens with one attached hydrogen (secondary N) is 2. The number of allylic oxidation sites excluding steroid dienone is 2. The molecule has 3 heterocycles. The van der Waals surface area contributed by atoms with Gasteiger partial charge in [0.05, 0.1) is 22.6 Å². The van der Waals surface area contributed by atoms with Crippen molar-refractivity contribution in [2.45, 2.75) is 19.8 Å². The number of aromatic nitrogens is 4. The maximum atomic E-state index is 14.7. The fraction of sp³-hybridized carbons (Fsp3) is 0.194. The molecular formula is C31H31FN6. The first-order valence-electron chi connectivity index (χ1n) is 12.7. The van der Waals surface area contributed by atoms with E-state index in [4.69, 9.17) is 4.98 Å². The highest BCUT2D eigenvalue weighted by Crippen LogP contribution is 2.34. The lowest BCUT2D eigenvalue weighted by Gasteiger charge is -2.11. The molecule has 0 amide bonds. The summed E-state index contributed by atoms with van der Waals surface area (Å²) < 4.78 is 14.7. The number of fused-ring (bicyclic) bond motifs is 2. The molecule has 0 spiro atoms. The summed E-state index contributed by atoms with van der Waals surface area (Å²) in [7, 11) is 4.10. The Kier molecular flexibility index (Phi) is 7.29. The van der Waals surface area contributed by atoms with Crippen LogP contribution in [0.2, 0.25) is 0 Å². The van der Waals surface area contributed by atoms with Crippen LogP contribution >= 0.6 is 0 Å². The van der Waals surface area contributed by atoms with Gasteiger partial charge >= 0.3 is 0 Å². The summed E-state index contributed by atoms with van der Waals surface area (Å²) in [5.41, 5.74) is 8.43. The topological polar surface area (TPSA) is 73.0 Å². The summed E-state index contributed by atoms with van der Waals surface area (Å²) >= 11 is 0. The second-order valence-electron chi connectivity index (χ2n) is 9.56. The number of aryl methyl sites for hydroxylation is 1. The second-order valence-corrected chi connectivity index (χ2v) is 9.56. The van der Waals surface area contributed by atoms with Gasteiger partial charge in [0.2, 0.25) is 0 Å². The average Bonchev–Trinajstić information content (AvgIpc) is 3.52. The number of pyridine rings is 1. The number of benzene rings is 2. The third-order valence-electron chi connectivity index (χ3n) is 6.52. The minimum absolute atomic E-state index is 0.218. The smallest absolute Gasteiger partial charge is 0.135 e. The summed E-state index contributed by atoms with van der Waals surface area (Å²) in [6, 6.07) is 17.3. The zero-order valence-electron chi connectivity index (χ0n) is 21.9. The third kappa shape index (κ3) is 5.19. The summed E-state index contributed by atoms with van der Waals surface area (Å²) in [4.78, 5) is 14.9. The molecule has 2 N–H and O–H groups in total. The van der Waals surface area contributed by atoms with E-state index in [0.717, 1.165) is 80.8 Å². The van der Waals surface area contributed by atoms with E-state index in [2.05, 4.69) is 57.9 Å². The second kappa shape index (κ2) is 10.9. The molecule has 0 saturated carbocycles. The summed E-state index contributed by atoms with van der Waals surface area (Å²) in [5, 5.41) is 8.66. The lowest BCUT2D eigenvalue weighted by Crippen LogP contribution is -2.13. The van der Waals surface area contributed by atoms with Crippen molar-refractivity contribution in [2.75, 3.05) is 20.6 Å². The van der Waals surface area contributed by atoms with Crippen molar-refractivity contribution >= 4 is 33.8 Å². The van der Waals surface area contributed by atoms with Gasteiger partial charge in [0.1, 0.15) is 17.0 Å². The van der Waals surface area contributed by atoms with E-state index in [-0.39, 0.29) is 5.82 Å². The molecule has 6 nitrogen and oxygen atoms in total. The number of H-pyrrole nitrogens is 2. The molecule has 0 unspecified atom stereocenters. The molecule has 5 aromatic rings. The number of halogens is 1. The van der Waals surface area contributed by atoms with Crippen molar-refractivity contribution in [1.82, 2.24) is 25.1 Å². The molecule has 5 rings (SSSR count). The van der Waals surface area contributed by atoms with Crippen LogP contribution in [0.15, 0.2) is 78.3 Å². The Balaban J connectivity index is 1.55. The molecule has 7 heteroatoms. The summed E-state index contributed by atoms with van der Waals surface area (Å²) in [6.45, 7) is 6.59. The van der Waals surface area contributed by atoms with Gasteiger partial charge in [0.15, 0.2) is 0 Å². The number of nitrogens with zero attached hydrogens (tertiary/aromatic N) is 4. The molecule has 3 aromatic heterocycles. The van der Waals surface area contributed by atoms with Gasteiger partial charge < -0.3 is 9.88 Å².